The molecular formula is C13H22N2O. The highest BCUT2D eigenvalue weighted by Crippen LogP contribution is 2.16. The minimum Gasteiger partial charge on any atom is -0.496 e. The molecule has 0 heterocycles. The predicted octanol–water partition coefficient (Wildman–Crippen LogP) is 1.73. The average Bonchev–Trinajstić information content (AvgIpc) is 2.26. The monoisotopic (exact) mass is 222 g/mol. The summed E-state index contributed by atoms with van der Waals surface area (Å²) in [4.78, 5) is 2.18. The van der Waals surface area contributed by atoms with Crippen molar-refractivity contribution in [2.24, 2.45) is 0 Å². The van der Waals surface area contributed by atoms with Crippen LogP contribution in [-0.2, 0) is 6.54 Å². The summed E-state index contributed by atoms with van der Waals surface area (Å²) in [6, 6.07) is 8.59. The van der Waals surface area contributed by atoms with Gasteiger partial charge in [-0.1, -0.05) is 18.2 Å². The van der Waals surface area contributed by atoms with Crippen LogP contribution in [-0.4, -0.2) is 38.7 Å². The summed E-state index contributed by atoms with van der Waals surface area (Å²) in [6.07, 6.45) is 0. The van der Waals surface area contributed by atoms with Crippen LogP contribution in [0.4, 0.5) is 0 Å². The van der Waals surface area contributed by atoms with Gasteiger partial charge in [0.2, 0.25) is 0 Å². The lowest BCUT2D eigenvalue weighted by Crippen LogP contribution is -2.35. The molecule has 1 aromatic rings. The van der Waals surface area contributed by atoms with E-state index in [1.165, 1.54) is 5.56 Å². The van der Waals surface area contributed by atoms with Crippen LogP contribution < -0.4 is 10.1 Å². The minimum atomic E-state index is 0.472. The first-order valence-corrected chi connectivity index (χ1v) is 5.63. The van der Waals surface area contributed by atoms with E-state index in [9.17, 15) is 0 Å². The number of benzene rings is 1. The normalized spacial score (nSPS) is 12.8. The van der Waals surface area contributed by atoms with E-state index in [1.54, 1.807) is 7.11 Å². The molecule has 1 unspecified atom stereocenters. The second-order valence-corrected chi connectivity index (χ2v) is 4.36. The van der Waals surface area contributed by atoms with E-state index < -0.39 is 0 Å². The molecule has 0 spiro atoms. The lowest BCUT2D eigenvalue weighted by Gasteiger charge is -2.19. The fourth-order valence-corrected chi connectivity index (χ4v) is 1.75. The standard InChI is InChI=1S/C13H22N2O/c1-11(10-15(2)3)14-9-12-7-5-6-8-13(12)16-4/h5-8,11,14H,9-10H2,1-4H3. The molecule has 3 heteroatoms. The maximum atomic E-state index is 5.31. The first-order valence-electron chi connectivity index (χ1n) is 5.63. The van der Waals surface area contributed by atoms with Crippen LogP contribution >= 0.6 is 0 Å². The van der Waals surface area contributed by atoms with E-state index in [0.717, 1.165) is 18.8 Å². The summed E-state index contributed by atoms with van der Waals surface area (Å²) in [5, 5.41) is 3.48. The fraction of sp³-hybridized carbons (Fsp3) is 0.538. The van der Waals surface area contributed by atoms with Crippen LogP contribution in [0.3, 0.4) is 0 Å². The Balaban J connectivity index is 2.47. The third kappa shape index (κ3) is 4.21. The van der Waals surface area contributed by atoms with E-state index >= 15 is 0 Å². The van der Waals surface area contributed by atoms with Gasteiger partial charge < -0.3 is 15.0 Å². The van der Waals surface area contributed by atoms with Crippen LogP contribution in [0.5, 0.6) is 5.75 Å². The Hall–Kier alpha value is -1.06. The maximum Gasteiger partial charge on any atom is 0.123 e. The van der Waals surface area contributed by atoms with Crippen molar-refractivity contribution in [1.29, 1.82) is 0 Å². The number of methoxy groups -OCH3 is 1. The molecule has 0 saturated heterocycles. The van der Waals surface area contributed by atoms with Crippen molar-refractivity contribution in [3.8, 4) is 5.75 Å². The van der Waals surface area contributed by atoms with E-state index in [-0.39, 0.29) is 0 Å². The fourth-order valence-electron chi connectivity index (χ4n) is 1.75. The molecule has 0 fully saturated rings. The number of likely N-dealkylation sites (N-methyl/N-ethyl adjacent to an activating group) is 1. The van der Waals surface area contributed by atoms with Gasteiger partial charge in [-0.15, -0.1) is 0 Å². The van der Waals surface area contributed by atoms with E-state index in [0.29, 0.717) is 6.04 Å². The largest absolute Gasteiger partial charge is 0.496 e. The zero-order valence-electron chi connectivity index (χ0n) is 10.7. The number of rotatable bonds is 6. The Bertz CT molecular complexity index is 313. The smallest absolute Gasteiger partial charge is 0.123 e. The summed E-state index contributed by atoms with van der Waals surface area (Å²) in [7, 11) is 5.88. The second kappa shape index (κ2) is 6.51. The van der Waals surface area contributed by atoms with Crippen LogP contribution in [0.2, 0.25) is 0 Å². The number of ether oxygens (including phenoxy) is 1. The van der Waals surface area contributed by atoms with Gasteiger partial charge in [0, 0.05) is 24.7 Å². The summed E-state index contributed by atoms with van der Waals surface area (Å²) in [6.45, 7) is 4.07. The zero-order chi connectivity index (χ0) is 12.0. The van der Waals surface area contributed by atoms with Crippen LogP contribution in [0.25, 0.3) is 0 Å². The Kier molecular flexibility index (Phi) is 5.29. The molecule has 16 heavy (non-hydrogen) atoms. The zero-order valence-corrected chi connectivity index (χ0v) is 10.7. The average molecular weight is 222 g/mol. The summed E-state index contributed by atoms with van der Waals surface area (Å²) in [5.41, 5.74) is 1.20. The molecule has 1 rings (SSSR count). The van der Waals surface area contributed by atoms with Crippen molar-refractivity contribution in [1.82, 2.24) is 10.2 Å². The quantitative estimate of drug-likeness (QED) is 0.793. The van der Waals surface area contributed by atoms with Gasteiger partial charge in [0.1, 0.15) is 5.75 Å². The van der Waals surface area contributed by atoms with E-state index in [2.05, 4.69) is 37.3 Å². The number of nitrogens with zero attached hydrogens (tertiary/aromatic N) is 1. The second-order valence-electron chi connectivity index (χ2n) is 4.36. The first kappa shape index (κ1) is 13.0. The highest BCUT2D eigenvalue weighted by atomic mass is 16.5. The SMILES string of the molecule is COc1ccccc1CNC(C)CN(C)C. The van der Waals surface area contributed by atoms with Gasteiger partial charge in [-0.25, -0.2) is 0 Å². The molecule has 0 aliphatic heterocycles. The van der Waals surface area contributed by atoms with Crippen molar-refractivity contribution < 1.29 is 4.74 Å². The van der Waals surface area contributed by atoms with Crippen molar-refractivity contribution in [3.05, 3.63) is 29.8 Å². The molecule has 1 aromatic carbocycles. The summed E-state index contributed by atoms with van der Waals surface area (Å²) >= 11 is 0. The molecule has 0 radical (unpaired) electrons. The Morgan fingerprint density at radius 2 is 2.00 bits per heavy atom. The first-order chi connectivity index (χ1) is 7.63. The van der Waals surface area contributed by atoms with Gasteiger partial charge in [0.15, 0.2) is 0 Å². The minimum absolute atomic E-state index is 0.472. The van der Waals surface area contributed by atoms with Crippen LogP contribution in [0.1, 0.15) is 12.5 Å². The number of para-hydroxylation sites is 1. The Morgan fingerprint density at radius 1 is 1.31 bits per heavy atom. The number of hydrogen-bond donors (Lipinski definition) is 1. The lowest BCUT2D eigenvalue weighted by molar-refractivity contribution is 0.346. The Morgan fingerprint density at radius 3 is 2.62 bits per heavy atom. The highest BCUT2D eigenvalue weighted by molar-refractivity contribution is 5.32. The van der Waals surface area contributed by atoms with Crippen molar-refractivity contribution in [2.75, 3.05) is 27.7 Å². The third-order valence-corrected chi connectivity index (χ3v) is 2.47. The van der Waals surface area contributed by atoms with Crippen molar-refractivity contribution in [3.63, 3.8) is 0 Å². The molecule has 90 valence electrons. The molecule has 0 aliphatic carbocycles. The third-order valence-electron chi connectivity index (χ3n) is 2.47. The van der Waals surface area contributed by atoms with Gasteiger partial charge >= 0.3 is 0 Å². The van der Waals surface area contributed by atoms with Gasteiger partial charge in [0.25, 0.3) is 0 Å². The molecule has 0 bridgehead atoms. The summed E-state index contributed by atoms with van der Waals surface area (Å²) < 4.78 is 5.31. The van der Waals surface area contributed by atoms with Crippen LogP contribution in [0.15, 0.2) is 24.3 Å². The molecule has 3 nitrogen and oxygen atoms in total. The molecule has 0 amide bonds. The Labute approximate surface area is 98.4 Å². The van der Waals surface area contributed by atoms with E-state index in [1.807, 2.05) is 18.2 Å². The number of hydrogen-bond acceptors (Lipinski definition) is 3. The molecule has 1 atom stereocenters. The maximum absolute atomic E-state index is 5.31. The molecule has 0 aromatic heterocycles. The highest BCUT2D eigenvalue weighted by Gasteiger charge is 2.05. The molecule has 1 N–H and O–H groups in total. The molecule has 0 saturated carbocycles. The predicted molar refractivity (Wildman–Crippen MR) is 67.8 cm³/mol. The van der Waals surface area contributed by atoms with Gasteiger partial charge in [-0.05, 0) is 27.1 Å². The van der Waals surface area contributed by atoms with Gasteiger partial charge in [0.05, 0.1) is 7.11 Å². The topological polar surface area (TPSA) is 24.5 Å². The van der Waals surface area contributed by atoms with Crippen molar-refractivity contribution in [2.45, 2.75) is 19.5 Å². The van der Waals surface area contributed by atoms with Gasteiger partial charge in [-0.2, -0.15) is 0 Å². The molecular weight excluding hydrogens is 200 g/mol. The summed E-state index contributed by atoms with van der Waals surface area (Å²) in [5.74, 6) is 0.951. The lowest BCUT2D eigenvalue weighted by atomic mass is 10.2. The van der Waals surface area contributed by atoms with Gasteiger partial charge in [-0.3, -0.25) is 0 Å². The van der Waals surface area contributed by atoms with E-state index in [4.69, 9.17) is 4.74 Å². The van der Waals surface area contributed by atoms with Crippen molar-refractivity contribution >= 4 is 0 Å². The number of nitrogens with one attached hydrogen (secondary N) is 1. The molecule has 0 aliphatic rings. The van der Waals surface area contributed by atoms with Crippen LogP contribution in [0, 0.1) is 0 Å².